The molecule has 0 saturated carbocycles. The van der Waals surface area contributed by atoms with Gasteiger partial charge in [-0.15, -0.1) is 5.10 Å². The fourth-order valence-electron chi connectivity index (χ4n) is 4.53. The van der Waals surface area contributed by atoms with Crippen molar-refractivity contribution in [1.82, 2.24) is 38.8 Å². The molecule has 0 fully saturated rings. The van der Waals surface area contributed by atoms with Gasteiger partial charge in [0.2, 0.25) is 11.8 Å². The molecule has 0 aromatic carbocycles. The summed E-state index contributed by atoms with van der Waals surface area (Å²) in [7, 11) is 3.91. The molecule has 1 aliphatic heterocycles. The van der Waals surface area contributed by atoms with E-state index in [-0.39, 0.29) is 18.8 Å². The molecular formula is C25H32N8O3. The molecule has 36 heavy (non-hydrogen) atoms. The lowest BCUT2D eigenvalue weighted by Crippen LogP contribution is -2.32. The molecule has 0 unspecified atom stereocenters. The molecule has 0 saturated heterocycles. The van der Waals surface area contributed by atoms with Crippen LogP contribution in [0.1, 0.15) is 43.9 Å². The van der Waals surface area contributed by atoms with E-state index in [1.807, 2.05) is 62.3 Å². The number of imidazole rings is 1. The predicted octanol–water partition coefficient (Wildman–Crippen LogP) is 2.66. The molecule has 0 amide bonds. The molecule has 190 valence electrons. The molecule has 0 spiro atoms. The molecule has 4 aromatic heterocycles. The van der Waals surface area contributed by atoms with Gasteiger partial charge in [-0.25, -0.2) is 9.67 Å². The second-order valence-electron chi connectivity index (χ2n) is 9.20. The van der Waals surface area contributed by atoms with E-state index in [4.69, 9.17) is 14.6 Å². The van der Waals surface area contributed by atoms with Crippen molar-refractivity contribution in [3.05, 3.63) is 41.9 Å². The maximum atomic E-state index is 9.91. The molecule has 1 aliphatic rings. The summed E-state index contributed by atoms with van der Waals surface area (Å²) in [5.41, 5.74) is 4.25. The third-order valence-corrected chi connectivity index (χ3v) is 6.28. The highest BCUT2D eigenvalue weighted by molar-refractivity contribution is 5.73. The van der Waals surface area contributed by atoms with Crippen molar-refractivity contribution >= 4 is 17.7 Å². The average molecular weight is 493 g/mol. The van der Waals surface area contributed by atoms with Gasteiger partial charge in [0.15, 0.2) is 0 Å². The molecule has 4 aromatic rings. The van der Waals surface area contributed by atoms with E-state index in [1.165, 1.54) is 0 Å². The normalized spacial score (nSPS) is 18.2. The molecule has 2 atom stereocenters. The first-order chi connectivity index (χ1) is 17.4. The van der Waals surface area contributed by atoms with Gasteiger partial charge in [-0.2, -0.15) is 5.10 Å². The first-order valence-electron chi connectivity index (χ1n) is 12.1. The van der Waals surface area contributed by atoms with Crippen molar-refractivity contribution in [3.8, 4) is 23.0 Å². The Balaban J connectivity index is 1.70. The number of aryl methyl sites for hydroxylation is 1. The van der Waals surface area contributed by atoms with Crippen molar-refractivity contribution in [2.75, 3.05) is 26.8 Å². The standard InChI is InChI=1S/C25H32N8O3/c1-6-35-24-19-7-8-23-27-10-18-9-26-21(13-32(18)23)20-11-28-31(5)25(20)36-17(3)12-30(4)14-22(19)33(29-24)16(2)15-34/h7-11,13,16-17,34H,6,12,14-15H2,1-5H3/b8-7+/t16-,17-/m0/s1. The molecule has 5 heterocycles. The zero-order valence-corrected chi connectivity index (χ0v) is 21.3. The van der Waals surface area contributed by atoms with Gasteiger partial charge in [0.25, 0.3) is 0 Å². The van der Waals surface area contributed by atoms with E-state index in [0.29, 0.717) is 31.5 Å². The molecule has 1 N–H and O–H groups in total. The maximum absolute atomic E-state index is 9.91. The zero-order chi connectivity index (χ0) is 25.4. The summed E-state index contributed by atoms with van der Waals surface area (Å²) >= 11 is 0. The van der Waals surface area contributed by atoms with Crippen molar-refractivity contribution in [1.29, 1.82) is 0 Å². The average Bonchev–Trinajstić information content (AvgIpc) is 3.52. The van der Waals surface area contributed by atoms with Crippen molar-refractivity contribution in [2.45, 2.75) is 39.5 Å². The number of aliphatic hydroxyl groups excluding tert-OH is 1. The second-order valence-corrected chi connectivity index (χ2v) is 9.20. The number of rotatable bonds is 4. The molecular weight excluding hydrogens is 460 g/mol. The Morgan fingerprint density at radius 3 is 2.78 bits per heavy atom. The minimum Gasteiger partial charge on any atom is -0.476 e. The number of hydrogen-bond donors (Lipinski definition) is 1. The van der Waals surface area contributed by atoms with Crippen LogP contribution in [0.4, 0.5) is 0 Å². The van der Waals surface area contributed by atoms with Gasteiger partial charge in [-0.05, 0) is 40.0 Å². The third kappa shape index (κ3) is 4.35. The number of ether oxygens (including phenoxy) is 2. The van der Waals surface area contributed by atoms with Crippen LogP contribution in [0.5, 0.6) is 11.8 Å². The van der Waals surface area contributed by atoms with Crippen LogP contribution in [0, 0.1) is 0 Å². The molecule has 11 nitrogen and oxygen atoms in total. The minimum atomic E-state index is -0.205. The lowest BCUT2D eigenvalue weighted by atomic mass is 10.2. The van der Waals surface area contributed by atoms with E-state index >= 15 is 0 Å². The van der Waals surface area contributed by atoms with Crippen LogP contribution in [-0.2, 0) is 13.6 Å². The SMILES string of the molecule is CCOc1nn([C@@H](C)CO)c2c1/C=C/c1ncc3cnc(cn13)-c1cnn(C)c1O[C@@H](C)CN(C)C2. The maximum Gasteiger partial charge on any atom is 0.240 e. The highest BCUT2D eigenvalue weighted by Gasteiger charge is 2.24. The molecule has 0 radical (unpaired) electrons. The summed E-state index contributed by atoms with van der Waals surface area (Å²) in [6.45, 7) is 7.61. The summed E-state index contributed by atoms with van der Waals surface area (Å²) in [5.74, 6) is 1.94. The van der Waals surface area contributed by atoms with Gasteiger partial charge in [0.1, 0.15) is 11.9 Å². The van der Waals surface area contributed by atoms with Crippen LogP contribution in [0.3, 0.4) is 0 Å². The topological polar surface area (TPSA) is 108 Å². The van der Waals surface area contributed by atoms with Crippen LogP contribution in [0.2, 0.25) is 0 Å². The number of hydrogen-bond acceptors (Lipinski definition) is 8. The molecule has 2 bridgehead atoms. The monoisotopic (exact) mass is 492 g/mol. The highest BCUT2D eigenvalue weighted by Crippen LogP contribution is 2.31. The summed E-state index contributed by atoms with van der Waals surface area (Å²) in [5, 5.41) is 19.1. The summed E-state index contributed by atoms with van der Waals surface area (Å²) in [6.07, 6.45) is 11.1. The number of fused-ring (bicyclic) bond motifs is 4. The summed E-state index contributed by atoms with van der Waals surface area (Å²) in [4.78, 5) is 11.4. The Hall–Kier alpha value is -3.70. The van der Waals surface area contributed by atoms with Crippen molar-refractivity contribution < 1.29 is 14.6 Å². The van der Waals surface area contributed by atoms with E-state index < -0.39 is 0 Å². The van der Waals surface area contributed by atoms with Gasteiger partial charge in [0.05, 0.1) is 65.9 Å². The van der Waals surface area contributed by atoms with Gasteiger partial charge >= 0.3 is 0 Å². The third-order valence-electron chi connectivity index (χ3n) is 6.28. The number of nitrogens with zero attached hydrogens (tertiary/aromatic N) is 8. The van der Waals surface area contributed by atoms with E-state index in [0.717, 1.165) is 33.9 Å². The van der Waals surface area contributed by atoms with E-state index in [1.54, 1.807) is 23.3 Å². The fraction of sp³-hybridized carbons (Fsp3) is 0.440. The molecule has 0 aliphatic carbocycles. The highest BCUT2D eigenvalue weighted by atomic mass is 16.5. The molecule has 5 rings (SSSR count). The quantitative estimate of drug-likeness (QED) is 0.463. The van der Waals surface area contributed by atoms with Crippen LogP contribution in [-0.4, -0.2) is 76.8 Å². The Morgan fingerprint density at radius 1 is 1.19 bits per heavy atom. The predicted molar refractivity (Wildman–Crippen MR) is 136 cm³/mol. The van der Waals surface area contributed by atoms with E-state index in [9.17, 15) is 5.11 Å². The van der Waals surface area contributed by atoms with Crippen molar-refractivity contribution in [2.24, 2.45) is 7.05 Å². The van der Waals surface area contributed by atoms with Gasteiger partial charge in [0, 0.05) is 26.3 Å². The lowest BCUT2D eigenvalue weighted by molar-refractivity contribution is 0.145. The number of aromatic nitrogens is 7. The Bertz CT molecular complexity index is 1400. The van der Waals surface area contributed by atoms with Crippen molar-refractivity contribution in [3.63, 3.8) is 0 Å². The number of aliphatic hydroxyl groups is 1. The smallest absolute Gasteiger partial charge is 0.240 e. The number of likely N-dealkylation sites (N-methyl/N-ethyl adjacent to an activating group) is 1. The first kappa shape index (κ1) is 24.0. The second kappa shape index (κ2) is 9.75. The summed E-state index contributed by atoms with van der Waals surface area (Å²) in [6, 6.07) is -0.205. The van der Waals surface area contributed by atoms with Gasteiger partial charge in [-0.1, -0.05) is 0 Å². The Morgan fingerprint density at radius 2 is 2.00 bits per heavy atom. The Kier molecular flexibility index (Phi) is 6.50. The fourth-order valence-corrected chi connectivity index (χ4v) is 4.53. The molecule has 11 heteroatoms. The van der Waals surface area contributed by atoms with Gasteiger partial charge in [-0.3, -0.25) is 19.0 Å². The van der Waals surface area contributed by atoms with Crippen LogP contribution in [0.15, 0.2) is 24.8 Å². The van der Waals surface area contributed by atoms with E-state index in [2.05, 4.69) is 20.0 Å². The van der Waals surface area contributed by atoms with Crippen LogP contribution in [0.25, 0.3) is 28.9 Å². The first-order valence-corrected chi connectivity index (χ1v) is 12.1. The zero-order valence-electron chi connectivity index (χ0n) is 21.3. The van der Waals surface area contributed by atoms with Crippen LogP contribution >= 0.6 is 0 Å². The lowest BCUT2D eigenvalue weighted by Gasteiger charge is -2.24. The summed E-state index contributed by atoms with van der Waals surface area (Å²) < 4.78 is 17.9. The minimum absolute atomic E-state index is 0.0312. The van der Waals surface area contributed by atoms with Gasteiger partial charge < -0.3 is 14.6 Å². The largest absolute Gasteiger partial charge is 0.476 e. The van der Waals surface area contributed by atoms with Crippen LogP contribution < -0.4 is 9.47 Å². The Labute approximate surface area is 209 Å².